The molecule has 0 saturated carbocycles. The predicted molar refractivity (Wildman–Crippen MR) is 81.7 cm³/mol. The van der Waals surface area contributed by atoms with Crippen LogP contribution in [0.25, 0.3) is 0 Å². The Morgan fingerprint density at radius 1 is 1.45 bits per heavy atom. The molecule has 0 spiro atoms. The number of aliphatic hydroxyl groups excluding tert-OH is 1. The first-order valence-corrected chi connectivity index (χ1v) is 6.84. The maximum atomic E-state index is 11.6. The van der Waals surface area contributed by atoms with E-state index in [4.69, 9.17) is 11.6 Å². The van der Waals surface area contributed by atoms with Gasteiger partial charge in [0.2, 0.25) is 0 Å². The van der Waals surface area contributed by atoms with E-state index in [1.807, 2.05) is 0 Å². The Balaban J connectivity index is 2.71. The molecule has 2 amide bonds. The van der Waals surface area contributed by atoms with Gasteiger partial charge in [-0.2, -0.15) is 0 Å². The Morgan fingerprint density at radius 2 is 2.14 bits per heavy atom. The van der Waals surface area contributed by atoms with Gasteiger partial charge >= 0.3 is 12.0 Å². The van der Waals surface area contributed by atoms with E-state index < -0.39 is 18.1 Å². The molecule has 4 N–H and O–H groups in total. The molecule has 0 heterocycles. The van der Waals surface area contributed by atoms with Gasteiger partial charge in [-0.05, 0) is 26.0 Å². The van der Waals surface area contributed by atoms with Crippen LogP contribution in [0.2, 0.25) is 5.02 Å². The van der Waals surface area contributed by atoms with E-state index in [0.717, 1.165) is 12.3 Å². The fourth-order valence-corrected chi connectivity index (χ4v) is 1.78. The molecule has 1 atom stereocenters. The number of hydrogen-bond acceptors (Lipinski definition) is 5. The topological polar surface area (TPSA) is 108 Å². The summed E-state index contributed by atoms with van der Waals surface area (Å²) in [5.74, 6) is -0.822. The second-order valence-electron chi connectivity index (χ2n) is 4.26. The Hall–Kier alpha value is -2.25. The first-order valence-electron chi connectivity index (χ1n) is 6.46. The summed E-state index contributed by atoms with van der Waals surface area (Å²) in [6.45, 7) is 3.36. The van der Waals surface area contributed by atoms with Crippen molar-refractivity contribution < 1.29 is 24.5 Å². The average Bonchev–Trinajstić information content (AvgIpc) is 2.42. The predicted octanol–water partition coefficient (Wildman–Crippen LogP) is 2.30. The van der Waals surface area contributed by atoms with Crippen molar-refractivity contribution in [2.24, 2.45) is 0 Å². The number of anilines is 1. The van der Waals surface area contributed by atoms with E-state index in [9.17, 15) is 19.8 Å². The van der Waals surface area contributed by atoms with E-state index in [-0.39, 0.29) is 28.6 Å². The molecule has 1 aromatic rings. The van der Waals surface area contributed by atoms with Crippen LogP contribution in [0.1, 0.15) is 25.5 Å². The van der Waals surface area contributed by atoms with Crippen molar-refractivity contribution in [1.29, 1.82) is 0 Å². The van der Waals surface area contributed by atoms with E-state index in [2.05, 4.69) is 15.4 Å². The molecule has 0 radical (unpaired) electrons. The minimum Gasteiger partial charge on any atom is -0.506 e. The van der Waals surface area contributed by atoms with Crippen molar-refractivity contribution in [3.8, 4) is 5.75 Å². The van der Waals surface area contributed by atoms with Crippen LogP contribution in [0, 0.1) is 0 Å². The number of amides is 2. The first kappa shape index (κ1) is 17.8. The number of phenolic OH excluding ortho intramolecular Hbond substituents is 1. The van der Waals surface area contributed by atoms with Crippen LogP contribution in [0.5, 0.6) is 5.75 Å². The monoisotopic (exact) mass is 328 g/mol. The Bertz CT molecular complexity index is 587. The van der Waals surface area contributed by atoms with E-state index in [1.165, 1.54) is 19.1 Å². The number of halogens is 1. The van der Waals surface area contributed by atoms with Crippen LogP contribution in [0.3, 0.4) is 0 Å². The molecule has 0 aliphatic heterocycles. The smallest absolute Gasteiger partial charge is 0.332 e. The number of aliphatic hydroxyl groups is 1. The van der Waals surface area contributed by atoms with Crippen molar-refractivity contribution in [1.82, 2.24) is 5.32 Å². The number of esters is 1. The molecule has 0 bridgehead atoms. The summed E-state index contributed by atoms with van der Waals surface area (Å²) in [7, 11) is 0. The summed E-state index contributed by atoms with van der Waals surface area (Å²) in [5.41, 5.74) is 0.464. The third kappa shape index (κ3) is 5.27. The lowest BCUT2D eigenvalue weighted by Crippen LogP contribution is -2.24. The first-order chi connectivity index (χ1) is 10.3. The molecule has 8 heteroatoms. The second kappa shape index (κ2) is 8.26. The number of nitrogens with one attached hydrogen (secondary N) is 2. The van der Waals surface area contributed by atoms with Gasteiger partial charge in [-0.3, -0.25) is 0 Å². The lowest BCUT2D eigenvalue weighted by molar-refractivity contribution is -0.137. The fourth-order valence-electron chi connectivity index (χ4n) is 1.55. The third-order valence-corrected chi connectivity index (χ3v) is 2.81. The number of ether oxygens (including phenoxy) is 1. The number of carbonyl (C=O) groups is 2. The number of hydrogen-bond donors (Lipinski definition) is 4. The Labute approximate surface area is 132 Å². The molecule has 0 aromatic heterocycles. The fraction of sp³-hybridized carbons (Fsp3) is 0.286. The van der Waals surface area contributed by atoms with Gasteiger partial charge in [-0.15, -0.1) is 0 Å². The summed E-state index contributed by atoms with van der Waals surface area (Å²) in [4.78, 5) is 22.7. The molecular formula is C14H17ClN2O5. The lowest BCUT2D eigenvalue weighted by Gasteiger charge is -2.12. The van der Waals surface area contributed by atoms with Crippen LogP contribution in [0.15, 0.2) is 24.4 Å². The average molecular weight is 329 g/mol. The summed E-state index contributed by atoms with van der Waals surface area (Å²) in [6, 6.07) is 2.09. The van der Waals surface area contributed by atoms with Crippen molar-refractivity contribution >= 4 is 29.3 Å². The number of aromatic hydroxyl groups is 1. The molecule has 7 nitrogen and oxygen atoms in total. The summed E-state index contributed by atoms with van der Waals surface area (Å²) in [5, 5.41) is 24.0. The maximum Gasteiger partial charge on any atom is 0.332 e. The van der Waals surface area contributed by atoms with Crippen molar-refractivity contribution in [3.05, 3.63) is 35.0 Å². The zero-order chi connectivity index (χ0) is 16.7. The summed E-state index contributed by atoms with van der Waals surface area (Å²) in [6.07, 6.45) is 1.24. The summed E-state index contributed by atoms with van der Waals surface area (Å²) < 4.78 is 4.64. The van der Waals surface area contributed by atoms with Gasteiger partial charge in [0.15, 0.2) is 0 Å². The molecule has 22 heavy (non-hydrogen) atoms. The van der Waals surface area contributed by atoms with Crippen molar-refractivity contribution in [3.63, 3.8) is 0 Å². The quantitative estimate of drug-likeness (QED) is 0.377. The molecule has 0 aliphatic rings. The van der Waals surface area contributed by atoms with Gasteiger partial charge in [0.05, 0.1) is 17.7 Å². The van der Waals surface area contributed by atoms with Gasteiger partial charge < -0.3 is 25.6 Å². The van der Waals surface area contributed by atoms with Crippen LogP contribution in [-0.2, 0) is 9.53 Å². The minimum absolute atomic E-state index is 0.00392. The normalized spacial score (nSPS) is 12.0. The molecule has 120 valence electrons. The second-order valence-corrected chi connectivity index (χ2v) is 4.66. The van der Waals surface area contributed by atoms with E-state index in [0.29, 0.717) is 0 Å². The largest absolute Gasteiger partial charge is 0.506 e. The van der Waals surface area contributed by atoms with Crippen LogP contribution in [-0.4, -0.2) is 28.8 Å². The van der Waals surface area contributed by atoms with Gasteiger partial charge in [-0.1, -0.05) is 11.6 Å². The van der Waals surface area contributed by atoms with Crippen LogP contribution >= 0.6 is 11.6 Å². The Morgan fingerprint density at radius 3 is 2.73 bits per heavy atom. The van der Waals surface area contributed by atoms with Crippen molar-refractivity contribution in [2.45, 2.75) is 20.0 Å². The highest BCUT2D eigenvalue weighted by molar-refractivity contribution is 6.32. The third-order valence-electron chi connectivity index (χ3n) is 2.52. The maximum absolute atomic E-state index is 11.6. The lowest BCUT2D eigenvalue weighted by atomic mass is 10.1. The van der Waals surface area contributed by atoms with Gasteiger partial charge in [0.1, 0.15) is 5.75 Å². The zero-order valence-electron chi connectivity index (χ0n) is 12.1. The Kier molecular flexibility index (Phi) is 6.68. The minimum atomic E-state index is -0.953. The molecule has 1 rings (SSSR count). The molecule has 0 aliphatic carbocycles. The molecule has 0 fully saturated rings. The van der Waals surface area contributed by atoms with E-state index >= 15 is 0 Å². The number of rotatable bonds is 5. The van der Waals surface area contributed by atoms with Crippen LogP contribution in [0.4, 0.5) is 10.5 Å². The molecular weight excluding hydrogens is 312 g/mol. The highest BCUT2D eigenvalue weighted by Gasteiger charge is 2.13. The molecule has 0 saturated heterocycles. The molecule has 1 unspecified atom stereocenters. The van der Waals surface area contributed by atoms with Crippen LogP contribution < -0.4 is 10.6 Å². The highest BCUT2D eigenvalue weighted by Crippen LogP contribution is 2.34. The van der Waals surface area contributed by atoms with Gasteiger partial charge in [-0.25, -0.2) is 9.59 Å². The van der Waals surface area contributed by atoms with Gasteiger partial charge in [0, 0.05) is 23.5 Å². The van der Waals surface area contributed by atoms with Gasteiger partial charge in [0.25, 0.3) is 0 Å². The number of carbonyl (C=O) groups excluding carboxylic acids is 2. The summed E-state index contributed by atoms with van der Waals surface area (Å²) >= 11 is 5.82. The SMILES string of the molecule is CCOC(=O)/C=C/NC(=O)Nc1cc(Cl)c(O)c(C(C)O)c1. The highest BCUT2D eigenvalue weighted by atomic mass is 35.5. The number of urea groups is 1. The molecule has 1 aromatic carbocycles. The standard InChI is InChI=1S/C14H17ClN2O5/c1-3-22-12(19)4-5-16-14(21)17-9-6-10(8(2)18)13(20)11(15)7-9/h4-8,18,20H,3H2,1-2H3,(H2,16,17,21)/b5-4+. The number of benzene rings is 1. The number of phenols is 1. The van der Waals surface area contributed by atoms with E-state index in [1.54, 1.807) is 6.92 Å². The zero-order valence-corrected chi connectivity index (χ0v) is 12.8. The van der Waals surface area contributed by atoms with Crippen molar-refractivity contribution in [2.75, 3.05) is 11.9 Å².